The minimum Gasteiger partial charge on any atom is -0.495 e. The SMILES string of the molecule is COc1cccc2nc(NC(=O)NC3CC(=O)NC3=O)sc12. The van der Waals surface area contributed by atoms with Gasteiger partial charge < -0.3 is 10.1 Å². The maximum absolute atomic E-state index is 11.9. The van der Waals surface area contributed by atoms with Crippen molar-refractivity contribution in [3.05, 3.63) is 18.2 Å². The number of amides is 4. The van der Waals surface area contributed by atoms with E-state index >= 15 is 0 Å². The first-order valence-corrected chi connectivity index (χ1v) is 7.23. The zero-order chi connectivity index (χ0) is 15.7. The lowest BCUT2D eigenvalue weighted by atomic mass is 10.2. The smallest absolute Gasteiger partial charge is 0.321 e. The molecule has 3 N–H and O–H groups in total. The molecule has 1 saturated heterocycles. The normalized spacial score (nSPS) is 17.4. The third-order valence-electron chi connectivity index (χ3n) is 3.09. The van der Waals surface area contributed by atoms with Gasteiger partial charge in [0.15, 0.2) is 5.13 Å². The van der Waals surface area contributed by atoms with Crippen LogP contribution in [0.1, 0.15) is 6.42 Å². The Balaban J connectivity index is 1.72. The van der Waals surface area contributed by atoms with Crippen molar-refractivity contribution in [2.24, 2.45) is 0 Å². The van der Waals surface area contributed by atoms with E-state index in [1.807, 2.05) is 0 Å². The van der Waals surface area contributed by atoms with E-state index in [-0.39, 0.29) is 6.42 Å². The van der Waals surface area contributed by atoms with Crippen LogP contribution in [0.25, 0.3) is 10.2 Å². The average Bonchev–Trinajstić information content (AvgIpc) is 3.01. The summed E-state index contributed by atoms with van der Waals surface area (Å²) >= 11 is 1.26. The molecule has 0 bridgehead atoms. The fourth-order valence-corrected chi connectivity index (χ4v) is 3.05. The van der Waals surface area contributed by atoms with E-state index in [0.29, 0.717) is 16.4 Å². The number of thiazole rings is 1. The highest BCUT2D eigenvalue weighted by atomic mass is 32.1. The maximum Gasteiger partial charge on any atom is 0.321 e. The Morgan fingerprint density at radius 1 is 1.45 bits per heavy atom. The molecule has 2 heterocycles. The molecule has 1 unspecified atom stereocenters. The quantitative estimate of drug-likeness (QED) is 0.726. The van der Waals surface area contributed by atoms with Gasteiger partial charge in [-0.25, -0.2) is 9.78 Å². The van der Waals surface area contributed by atoms with Crippen LogP contribution in [0.3, 0.4) is 0 Å². The number of imide groups is 1. The summed E-state index contributed by atoms with van der Waals surface area (Å²) in [6.07, 6.45) is -0.0556. The van der Waals surface area contributed by atoms with Crippen LogP contribution in [-0.4, -0.2) is 36.0 Å². The number of anilines is 1. The highest BCUT2D eigenvalue weighted by molar-refractivity contribution is 7.22. The molecule has 22 heavy (non-hydrogen) atoms. The zero-order valence-electron chi connectivity index (χ0n) is 11.5. The highest BCUT2D eigenvalue weighted by Gasteiger charge is 2.31. The molecule has 1 aliphatic rings. The molecule has 1 aromatic carbocycles. The van der Waals surface area contributed by atoms with Gasteiger partial charge in [-0.2, -0.15) is 0 Å². The topological polar surface area (TPSA) is 109 Å². The Kier molecular flexibility index (Phi) is 3.63. The number of hydrogen-bond acceptors (Lipinski definition) is 6. The monoisotopic (exact) mass is 320 g/mol. The van der Waals surface area contributed by atoms with E-state index < -0.39 is 23.9 Å². The fraction of sp³-hybridized carbons (Fsp3) is 0.231. The molecule has 1 aliphatic heterocycles. The average molecular weight is 320 g/mol. The molecule has 1 aromatic heterocycles. The third-order valence-corrected chi connectivity index (χ3v) is 4.09. The number of ether oxygens (including phenoxy) is 1. The number of urea groups is 1. The van der Waals surface area contributed by atoms with Gasteiger partial charge in [0.25, 0.3) is 0 Å². The van der Waals surface area contributed by atoms with Crippen molar-refractivity contribution in [1.29, 1.82) is 0 Å². The van der Waals surface area contributed by atoms with E-state index in [9.17, 15) is 14.4 Å². The molecule has 4 amide bonds. The van der Waals surface area contributed by atoms with Gasteiger partial charge in [0.2, 0.25) is 11.8 Å². The lowest BCUT2D eigenvalue weighted by Gasteiger charge is -2.08. The van der Waals surface area contributed by atoms with Gasteiger partial charge in [-0.15, -0.1) is 0 Å². The number of carbonyl (C=O) groups excluding carboxylic acids is 3. The van der Waals surface area contributed by atoms with Crippen LogP contribution in [0, 0.1) is 0 Å². The number of hydrogen-bond donors (Lipinski definition) is 3. The summed E-state index contributed by atoms with van der Waals surface area (Å²) in [5, 5.41) is 7.49. The van der Waals surface area contributed by atoms with Crippen LogP contribution in [0.5, 0.6) is 5.75 Å². The molecule has 8 nitrogen and oxygen atoms in total. The Bertz CT molecular complexity index is 772. The Hall–Kier alpha value is -2.68. The first kappa shape index (κ1) is 14.3. The molecule has 1 fully saturated rings. The second-order valence-electron chi connectivity index (χ2n) is 4.60. The summed E-state index contributed by atoms with van der Waals surface area (Å²) in [6, 6.07) is 3.97. The van der Waals surface area contributed by atoms with Gasteiger partial charge in [-0.3, -0.25) is 20.2 Å². The van der Waals surface area contributed by atoms with E-state index in [1.165, 1.54) is 11.3 Å². The van der Waals surface area contributed by atoms with Gasteiger partial charge in [0.1, 0.15) is 11.8 Å². The number of nitrogens with one attached hydrogen (secondary N) is 3. The van der Waals surface area contributed by atoms with E-state index in [4.69, 9.17) is 4.74 Å². The number of methoxy groups -OCH3 is 1. The summed E-state index contributed by atoms with van der Waals surface area (Å²) in [6.45, 7) is 0. The molecule has 2 aromatic rings. The molecule has 0 saturated carbocycles. The van der Waals surface area contributed by atoms with Crippen molar-refractivity contribution < 1.29 is 19.1 Å². The standard InChI is InChI=1S/C13H12N4O4S/c1-21-8-4-2-3-6-10(8)22-13(15-6)17-12(20)14-7-5-9(18)16-11(7)19/h2-4,7H,5H2,1H3,(H,16,18,19)(H2,14,15,17,20). The van der Waals surface area contributed by atoms with Crippen molar-refractivity contribution in [3.63, 3.8) is 0 Å². The molecular weight excluding hydrogens is 308 g/mol. The van der Waals surface area contributed by atoms with Crippen LogP contribution in [-0.2, 0) is 9.59 Å². The second kappa shape index (κ2) is 5.60. The summed E-state index contributed by atoms with van der Waals surface area (Å²) < 4.78 is 6.04. The first-order valence-electron chi connectivity index (χ1n) is 6.41. The van der Waals surface area contributed by atoms with Gasteiger partial charge in [-0.05, 0) is 12.1 Å². The van der Waals surface area contributed by atoms with Crippen LogP contribution in [0.2, 0.25) is 0 Å². The number of aromatic nitrogens is 1. The zero-order valence-corrected chi connectivity index (χ0v) is 12.3. The van der Waals surface area contributed by atoms with Crippen LogP contribution < -0.4 is 20.7 Å². The Morgan fingerprint density at radius 2 is 2.27 bits per heavy atom. The second-order valence-corrected chi connectivity index (χ2v) is 5.59. The van der Waals surface area contributed by atoms with Crippen LogP contribution in [0.4, 0.5) is 9.93 Å². The minimum absolute atomic E-state index is 0.0556. The van der Waals surface area contributed by atoms with Crippen molar-refractivity contribution in [1.82, 2.24) is 15.6 Å². The largest absolute Gasteiger partial charge is 0.495 e. The van der Waals surface area contributed by atoms with E-state index in [1.54, 1.807) is 25.3 Å². The molecule has 0 spiro atoms. The number of benzene rings is 1. The van der Waals surface area contributed by atoms with Crippen LogP contribution in [0.15, 0.2) is 18.2 Å². The van der Waals surface area contributed by atoms with Gasteiger partial charge in [0.05, 0.1) is 23.7 Å². The predicted molar refractivity (Wildman–Crippen MR) is 79.9 cm³/mol. The molecule has 0 aliphatic carbocycles. The van der Waals surface area contributed by atoms with Crippen molar-refractivity contribution in [3.8, 4) is 5.75 Å². The lowest BCUT2D eigenvalue weighted by molar-refractivity contribution is -0.125. The Labute approximate surface area is 128 Å². The molecule has 9 heteroatoms. The summed E-state index contributed by atoms with van der Waals surface area (Å²) in [4.78, 5) is 38.6. The third kappa shape index (κ3) is 2.70. The van der Waals surface area contributed by atoms with Gasteiger partial charge in [-0.1, -0.05) is 17.4 Å². The maximum atomic E-state index is 11.9. The molecule has 0 radical (unpaired) electrons. The molecule has 114 valence electrons. The lowest BCUT2D eigenvalue weighted by Crippen LogP contribution is -2.42. The van der Waals surface area contributed by atoms with Crippen molar-refractivity contribution in [2.45, 2.75) is 12.5 Å². The molecular formula is C13H12N4O4S. The van der Waals surface area contributed by atoms with Crippen molar-refractivity contribution in [2.75, 3.05) is 12.4 Å². The Morgan fingerprint density at radius 3 is 2.95 bits per heavy atom. The number of carbonyl (C=O) groups is 3. The number of rotatable bonds is 3. The highest BCUT2D eigenvalue weighted by Crippen LogP contribution is 2.33. The minimum atomic E-state index is -0.851. The number of fused-ring (bicyclic) bond motifs is 1. The summed E-state index contributed by atoms with van der Waals surface area (Å²) in [7, 11) is 1.56. The van der Waals surface area contributed by atoms with Gasteiger partial charge >= 0.3 is 6.03 Å². The van der Waals surface area contributed by atoms with Gasteiger partial charge in [0, 0.05) is 0 Å². The summed E-state index contributed by atoms with van der Waals surface area (Å²) in [5.41, 5.74) is 0.702. The predicted octanol–water partition coefficient (Wildman–Crippen LogP) is 0.841. The van der Waals surface area contributed by atoms with E-state index in [0.717, 1.165) is 4.70 Å². The molecule has 1 atom stereocenters. The van der Waals surface area contributed by atoms with E-state index in [2.05, 4.69) is 20.9 Å². The fourth-order valence-electron chi connectivity index (χ4n) is 2.10. The van der Waals surface area contributed by atoms with Crippen molar-refractivity contribution >= 4 is 44.5 Å². The van der Waals surface area contributed by atoms with Crippen LogP contribution >= 0.6 is 11.3 Å². The summed E-state index contributed by atoms with van der Waals surface area (Å²) in [5.74, 6) is -0.240. The first-order chi connectivity index (χ1) is 10.6. The number of nitrogens with zero attached hydrogens (tertiary/aromatic N) is 1. The molecule has 3 rings (SSSR count).